The zero-order valence-electron chi connectivity index (χ0n) is 22.9. The molecule has 1 amide bonds. The maximum absolute atomic E-state index is 13.7. The number of ether oxygens (including phenoxy) is 1. The Morgan fingerprint density at radius 1 is 0.949 bits per heavy atom. The number of fused-ring (bicyclic) bond motifs is 1. The highest BCUT2D eigenvalue weighted by Gasteiger charge is 2.17. The number of amides is 1. The van der Waals surface area contributed by atoms with E-state index in [1.807, 2.05) is 56.3 Å². The van der Waals surface area contributed by atoms with Crippen molar-refractivity contribution in [3.8, 4) is 28.3 Å². The van der Waals surface area contributed by atoms with E-state index in [0.717, 1.165) is 30.8 Å². The summed E-state index contributed by atoms with van der Waals surface area (Å²) in [5.41, 5.74) is 4.43. The predicted octanol–water partition coefficient (Wildman–Crippen LogP) is 5.25. The molecule has 202 valence electrons. The van der Waals surface area contributed by atoms with E-state index in [1.54, 1.807) is 7.11 Å². The molecule has 3 aromatic carbocycles. The van der Waals surface area contributed by atoms with Crippen LogP contribution in [0.15, 0.2) is 71.5 Å². The average Bonchev–Trinajstić information content (AvgIpc) is 2.94. The molecule has 1 aromatic heterocycles. The van der Waals surface area contributed by atoms with E-state index in [-0.39, 0.29) is 24.1 Å². The fraction of sp³-hybridized carbons (Fsp3) is 0.344. The van der Waals surface area contributed by atoms with Crippen molar-refractivity contribution in [1.29, 1.82) is 0 Å². The van der Waals surface area contributed by atoms with Gasteiger partial charge in [-0.2, -0.15) is 0 Å². The Bertz CT molecular complexity index is 1540. The molecule has 5 rings (SSSR count). The first-order chi connectivity index (χ1) is 18.9. The molecular formula is C32H36N4O3. The molecule has 0 unspecified atom stereocenters. The Kier molecular flexibility index (Phi) is 8.07. The van der Waals surface area contributed by atoms with Gasteiger partial charge in [-0.25, -0.2) is 4.98 Å². The third kappa shape index (κ3) is 6.20. The van der Waals surface area contributed by atoms with Crippen LogP contribution >= 0.6 is 0 Å². The number of nitrogens with one attached hydrogen (secondary N) is 1. The molecule has 1 saturated heterocycles. The number of likely N-dealkylation sites (tertiary alicyclic amines) is 1. The van der Waals surface area contributed by atoms with Crippen LogP contribution in [-0.2, 0) is 17.9 Å². The lowest BCUT2D eigenvalue weighted by Crippen LogP contribution is -2.37. The van der Waals surface area contributed by atoms with E-state index >= 15 is 0 Å². The molecule has 0 aliphatic carbocycles. The molecule has 7 heteroatoms. The van der Waals surface area contributed by atoms with Crippen LogP contribution in [0.1, 0.15) is 38.7 Å². The van der Waals surface area contributed by atoms with Gasteiger partial charge in [0, 0.05) is 18.2 Å². The van der Waals surface area contributed by atoms with E-state index in [1.165, 1.54) is 29.4 Å². The van der Waals surface area contributed by atoms with E-state index in [4.69, 9.17) is 9.72 Å². The third-order valence-corrected chi connectivity index (χ3v) is 7.15. The Balaban J connectivity index is 1.56. The molecule has 7 nitrogen and oxygen atoms in total. The lowest BCUT2D eigenvalue weighted by Gasteiger charge is -2.26. The van der Waals surface area contributed by atoms with Crippen molar-refractivity contribution in [3.05, 3.63) is 82.6 Å². The molecule has 1 fully saturated rings. The van der Waals surface area contributed by atoms with Crippen LogP contribution in [0.3, 0.4) is 0 Å². The normalized spacial score (nSPS) is 14.1. The average molecular weight is 525 g/mol. The second kappa shape index (κ2) is 11.8. The molecule has 0 spiro atoms. The minimum Gasteiger partial charge on any atom is -0.497 e. The number of carbonyl (C=O) groups excluding carboxylic acids is 1. The standard InChI is InChI=1S/C32H36N4O3/c1-22(2)33-30(37)21-36-31(26-11-8-12-27(18-26)39-3)34-29-19-25(13-14-28(29)32(36)38)24-10-7-9-23(17-24)20-35-15-5-4-6-16-35/h7-14,17-19,22H,4-6,15-16,20-21H2,1-3H3,(H,33,37). The van der Waals surface area contributed by atoms with Crippen molar-refractivity contribution in [1.82, 2.24) is 19.8 Å². The molecular weight excluding hydrogens is 488 g/mol. The highest BCUT2D eigenvalue weighted by molar-refractivity contribution is 5.86. The number of benzene rings is 3. The second-order valence-electron chi connectivity index (χ2n) is 10.5. The van der Waals surface area contributed by atoms with Crippen LogP contribution in [0.4, 0.5) is 0 Å². The molecule has 1 aliphatic heterocycles. The number of carbonyl (C=O) groups is 1. The largest absolute Gasteiger partial charge is 0.497 e. The van der Waals surface area contributed by atoms with Crippen molar-refractivity contribution >= 4 is 16.8 Å². The van der Waals surface area contributed by atoms with Crippen LogP contribution in [0.5, 0.6) is 5.75 Å². The predicted molar refractivity (Wildman–Crippen MR) is 156 cm³/mol. The Morgan fingerprint density at radius 3 is 2.46 bits per heavy atom. The second-order valence-corrected chi connectivity index (χ2v) is 10.5. The number of methoxy groups -OCH3 is 1. The van der Waals surface area contributed by atoms with Crippen LogP contribution in [-0.4, -0.2) is 46.6 Å². The van der Waals surface area contributed by atoms with Gasteiger partial charge in [0.25, 0.3) is 5.56 Å². The van der Waals surface area contributed by atoms with E-state index in [2.05, 4.69) is 34.5 Å². The van der Waals surface area contributed by atoms with Crippen molar-refractivity contribution in [2.24, 2.45) is 0 Å². The Labute approximate surface area is 229 Å². The van der Waals surface area contributed by atoms with Gasteiger partial charge < -0.3 is 10.1 Å². The zero-order chi connectivity index (χ0) is 27.4. The molecule has 1 N–H and O–H groups in total. The molecule has 0 saturated carbocycles. The molecule has 4 aromatic rings. The minimum absolute atomic E-state index is 0.0323. The van der Waals surface area contributed by atoms with Gasteiger partial charge in [0.1, 0.15) is 18.1 Å². The van der Waals surface area contributed by atoms with Gasteiger partial charge in [-0.15, -0.1) is 0 Å². The summed E-state index contributed by atoms with van der Waals surface area (Å²) in [5, 5.41) is 3.36. The number of rotatable bonds is 8. The summed E-state index contributed by atoms with van der Waals surface area (Å²) in [6.07, 6.45) is 3.85. The molecule has 0 atom stereocenters. The highest BCUT2D eigenvalue weighted by atomic mass is 16.5. The first-order valence-electron chi connectivity index (χ1n) is 13.7. The Hall–Kier alpha value is -3.97. The fourth-order valence-corrected chi connectivity index (χ4v) is 5.27. The SMILES string of the molecule is COc1cccc(-c2nc3cc(-c4cccc(CN5CCCCC5)c4)ccc3c(=O)n2CC(=O)NC(C)C)c1. The van der Waals surface area contributed by atoms with Crippen LogP contribution in [0.2, 0.25) is 0 Å². The number of piperidine rings is 1. The number of nitrogens with zero attached hydrogens (tertiary/aromatic N) is 3. The van der Waals surface area contributed by atoms with Crippen molar-refractivity contribution in [2.75, 3.05) is 20.2 Å². The highest BCUT2D eigenvalue weighted by Crippen LogP contribution is 2.27. The summed E-state index contributed by atoms with van der Waals surface area (Å²) in [6.45, 7) is 6.92. The lowest BCUT2D eigenvalue weighted by molar-refractivity contribution is -0.122. The van der Waals surface area contributed by atoms with Crippen LogP contribution in [0.25, 0.3) is 33.4 Å². The number of aromatic nitrogens is 2. The molecule has 39 heavy (non-hydrogen) atoms. The van der Waals surface area contributed by atoms with Gasteiger partial charge in [0.15, 0.2) is 0 Å². The van der Waals surface area contributed by atoms with E-state index < -0.39 is 0 Å². The van der Waals surface area contributed by atoms with Crippen LogP contribution < -0.4 is 15.6 Å². The van der Waals surface area contributed by atoms with Gasteiger partial charge in [0.2, 0.25) is 5.91 Å². The summed E-state index contributed by atoms with van der Waals surface area (Å²) in [7, 11) is 1.60. The summed E-state index contributed by atoms with van der Waals surface area (Å²) in [6, 6.07) is 21.7. The number of hydrogen-bond acceptors (Lipinski definition) is 5. The van der Waals surface area contributed by atoms with Crippen LogP contribution in [0, 0.1) is 0 Å². The van der Waals surface area contributed by atoms with Gasteiger partial charge in [-0.05, 0) is 86.8 Å². The summed E-state index contributed by atoms with van der Waals surface area (Å²) >= 11 is 0. The lowest BCUT2D eigenvalue weighted by atomic mass is 10.0. The van der Waals surface area contributed by atoms with E-state index in [0.29, 0.717) is 28.0 Å². The van der Waals surface area contributed by atoms with Gasteiger partial charge in [0.05, 0.1) is 18.0 Å². The molecule has 1 aliphatic rings. The quantitative estimate of drug-likeness (QED) is 0.341. The number of hydrogen-bond donors (Lipinski definition) is 1. The third-order valence-electron chi connectivity index (χ3n) is 7.15. The summed E-state index contributed by atoms with van der Waals surface area (Å²) < 4.78 is 6.86. The van der Waals surface area contributed by atoms with Gasteiger partial charge in [-0.3, -0.25) is 19.1 Å². The topological polar surface area (TPSA) is 76.5 Å². The first kappa shape index (κ1) is 26.6. The molecule has 0 radical (unpaired) electrons. The fourth-order valence-electron chi connectivity index (χ4n) is 5.27. The molecule has 0 bridgehead atoms. The van der Waals surface area contributed by atoms with Crippen molar-refractivity contribution in [2.45, 2.75) is 52.2 Å². The monoisotopic (exact) mass is 524 g/mol. The van der Waals surface area contributed by atoms with E-state index in [9.17, 15) is 9.59 Å². The van der Waals surface area contributed by atoms with Gasteiger partial charge in [-0.1, -0.05) is 42.8 Å². The van der Waals surface area contributed by atoms with Crippen molar-refractivity contribution in [3.63, 3.8) is 0 Å². The summed E-state index contributed by atoms with van der Waals surface area (Å²) in [4.78, 5) is 33.9. The maximum atomic E-state index is 13.7. The molecule has 2 heterocycles. The minimum atomic E-state index is -0.248. The van der Waals surface area contributed by atoms with Gasteiger partial charge >= 0.3 is 0 Å². The Morgan fingerprint density at radius 2 is 1.69 bits per heavy atom. The maximum Gasteiger partial charge on any atom is 0.262 e. The zero-order valence-corrected chi connectivity index (χ0v) is 22.9. The smallest absolute Gasteiger partial charge is 0.262 e. The van der Waals surface area contributed by atoms with Crippen molar-refractivity contribution < 1.29 is 9.53 Å². The first-order valence-corrected chi connectivity index (χ1v) is 13.7. The summed E-state index contributed by atoms with van der Waals surface area (Å²) in [5.74, 6) is 0.847.